The van der Waals surface area contributed by atoms with Gasteiger partial charge in [-0.3, -0.25) is 9.36 Å². The SMILES string of the molecule is Cn1ccnc1COc1cc2oc(=O)n(CCC(=O)O)c2cc1Cl.NC(CO)(CO)CO. The molecule has 0 amide bonds. The van der Waals surface area contributed by atoms with Crippen LogP contribution in [0.25, 0.3) is 11.1 Å². The van der Waals surface area contributed by atoms with Crippen LogP contribution in [0.5, 0.6) is 5.75 Å². The summed E-state index contributed by atoms with van der Waals surface area (Å²) in [5.41, 5.74) is 4.65. The van der Waals surface area contributed by atoms with Gasteiger partial charge >= 0.3 is 11.7 Å². The molecule has 0 fully saturated rings. The van der Waals surface area contributed by atoms with E-state index < -0.39 is 37.1 Å². The molecule has 2 aromatic heterocycles. The van der Waals surface area contributed by atoms with Crippen LogP contribution in [0.2, 0.25) is 5.02 Å². The summed E-state index contributed by atoms with van der Waals surface area (Å²) in [5, 5.41) is 34.1. The van der Waals surface area contributed by atoms with E-state index in [4.69, 9.17) is 46.9 Å². The van der Waals surface area contributed by atoms with Crippen molar-refractivity contribution in [2.45, 2.75) is 25.1 Å². The lowest BCUT2D eigenvalue weighted by Crippen LogP contribution is -2.50. The van der Waals surface area contributed by atoms with Gasteiger partial charge in [-0.15, -0.1) is 0 Å². The summed E-state index contributed by atoms with van der Waals surface area (Å²) in [7, 11) is 1.85. The number of carboxylic acid groups (broad SMARTS) is 1. The number of rotatable bonds is 9. The first kappa shape index (κ1) is 25.4. The number of aryl methyl sites for hydroxylation is 2. The number of hydrogen-bond donors (Lipinski definition) is 5. The maximum Gasteiger partial charge on any atom is 0.419 e. The summed E-state index contributed by atoms with van der Waals surface area (Å²) in [5.74, 6) is -0.570. The summed E-state index contributed by atoms with van der Waals surface area (Å²) < 4.78 is 13.8. The van der Waals surface area contributed by atoms with Gasteiger partial charge in [-0.1, -0.05) is 11.6 Å². The molecule has 0 aliphatic carbocycles. The van der Waals surface area contributed by atoms with E-state index in [2.05, 4.69) is 4.98 Å². The monoisotopic (exact) mass is 472 g/mol. The molecule has 0 radical (unpaired) electrons. The van der Waals surface area contributed by atoms with Gasteiger partial charge in [-0.2, -0.15) is 0 Å². The van der Waals surface area contributed by atoms with Crippen molar-refractivity contribution in [2.24, 2.45) is 12.8 Å². The Kier molecular flexibility index (Phi) is 8.80. The number of carboxylic acids is 1. The van der Waals surface area contributed by atoms with Crippen LogP contribution in [0.3, 0.4) is 0 Å². The molecule has 0 unspecified atom stereocenters. The molecule has 13 heteroatoms. The van der Waals surface area contributed by atoms with E-state index in [-0.39, 0.29) is 25.2 Å². The zero-order valence-corrected chi connectivity index (χ0v) is 18.0. The minimum absolute atomic E-state index is 0.00493. The van der Waals surface area contributed by atoms with Crippen LogP contribution in [0.4, 0.5) is 0 Å². The number of hydrogen-bond acceptors (Lipinski definition) is 9. The van der Waals surface area contributed by atoms with Gasteiger partial charge < -0.3 is 39.9 Å². The number of nitrogens with zero attached hydrogens (tertiary/aromatic N) is 3. The number of aliphatic hydroxyl groups is 3. The van der Waals surface area contributed by atoms with E-state index in [0.29, 0.717) is 22.1 Å². The van der Waals surface area contributed by atoms with Crippen molar-refractivity contribution in [1.29, 1.82) is 0 Å². The van der Waals surface area contributed by atoms with Crippen LogP contribution in [0.15, 0.2) is 33.7 Å². The second-order valence-electron chi connectivity index (χ2n) is 6.99. The zero-order valence-electron chi connectivity index (χ0n) is 17.3. The highest BCUT2D eigenvalue weighted by Crippen LogP contribution is 2.30. The summed E-state index contributed by atoms with van der Waals surface area (Å²) >= 11 is 6.20. The van der Waals surface area contributed by atoms with Gasteiger partial charge in [0.15, 0.2) is 5.58 Å². The highest BCUT2D eigenvalue weighted by Gasteiger charge is 2.20. The lowest BCUT2D eigenvalue weighted by molar-refractivity contribution is -0.137. The second kappa shape index (κ2) is 11.1. The number of oxazole rings is 1. The van der Waals surface area contributed by atoms with Crippen molar-refractivity contribution in [2.75, 3.05) is 19.8 Å². The Labute approximate surface area is 187 Å². The number of aromatic nitrogens is 3. The van der Waals surface area contributed by atoms with Gasteiger partial charge in [0, 0.05) is 32.1 Å². The molecule has 0 bridgehead atoms. The molecule has 176 valence electrons. The number of aliphatic hydroxyl groups excluding tert-OH is 3. The van der Waals surface area contributed by atoms with Gasteiger partial charge in [0.2, 0.25) is 0 Å². The van der Waals surface area contributed by atoms with Crippen molar-refractivity contribution in [3.63, 3.8) is 0 Å². The van der Waals surface area contributed by atoms with Crippen LogP contribution in [-0.4, -0.2) is 65.9 Å². The third-order valence-electron chi connectivity index (χ3n) is 4.49. The van der Waals surface area contributed by atoms with Crippen molar-refractivity contribution >= 4 is 28.7 Å². The van der Waals surface area contributed by atoms with Crippen LogP contribution in [-0.2, 0) is 25.0 Å². The fourth-order valence-corrected chi connectivity index (χ4v) is 2.63. The highest BCUT2D eigenvalue weighted by atomic mass is 35.5. The van der Waals surface area contributed by atoms with E-state index in [1.165, 1.54) is 16.7 Å². The molecular weight excluding hydrogens is 448 g/mol. The van der Waals surface area contributed by atoms with Crippen molar-refractivity contribution in [3.8, 4) is 5.75 Å². The molecule has 1 aromatic carbocycles. The Morgan fingerprint density at radius 1 is 1.28 bits per heavy atom. The lowest BCUT2D eigenvalue weighted by Gasteiger charge is -2.20. The predicted molar refractivity (Wildman–Crippen MR) is 113 cm³/mol. The normalized spacial score (nSPS) is 11.3. The van der Waals surface area contributed by atoms with Crippen LogP contribution in [0.1, 0.15) is 12.2 Å². The van der Waals surface area contributed by atoms with E-state index in [9.17, 15) is 9.59 Å². The Bertz CT molecular complexity index is 1090. The summed E-state index contributed by atoms with van der Waals surface area (Å²) in [6.45, 7) is -0.996. The standard InChI is InChI=1S/C15H14ClN3O5.C4H11NO3/c1-18-5-3-17-13(18)8-23-11-7-12-10(6-9(11)16)19(15(22)24-12)4-2-14(20)21;5-4(1-6,2-7)3-8/h3,5-7H,2,4,8H2,1H3,(H,20,21);6-8H,1-3,5H2. The first-order chi connectivity index (χ1) is 15.1. The van der Waals surface area contributed by atoms with E-state index >= 15 is 0 Å². The quantitative estimate of drug-likeness (QED) is 0.276. The topological polar surface area (TPSA) is 186 Å². The highest BCUT2D eigenvalue weighted by molar-refractivity contribution is 6.32. The Balaban J connectivity index is 0.000000390. The molecule has 0 saturated carbocycles. The number of aliphatic carboxylic acids is 1. The summed E-state index contributed by atoms with van der Waals surface area (Å²) in [6.07, 6.45) is 3.26. The van der Waals surface area contributed by atoms with E-state index in [0.717, 1.165) is 0 Å². The molecule has 3 rings (SSSR count). The number of halogens is 1. The largest absolute Gasteiger partial charge is 0.484 e. The number of fused-ring (bicyclic) bond motifs is 1. The third-order valence-corrected chi connectivity index (χ3v) is 4.79. The first-order valence-electron chi connectivity index (χ1n) is 9.39. The molecular formula is C19H25ClN4O8. The summed E-state index contributed by atoms with van der Waals surface area (Å²) in [4.78, 5) is 26.7. The minimum Gasteiger partial charge on any atom is -0.484 e. The van der Waals surface area contributed by atoms with Gasteiger partial charge in [-0.25, -0.2) is 9.78 Å². The minimum atomic E-state index is -1.21. The molecule has 0 spiro atoms. The van der Waals surface area contributed by atoms with Crippen molar-refractivity contribution in [3.05, 3.63) is 45.9 Å². The molecule has 12 nitrogen and oxygen atoms in total. The van der Waals surface area contributed by atoms with Crippen molar-refractivity contribution < 1.29 is 34.4 Å². The molecule has 0 aliphatic rings. The summed E-state index contributed by atoms with van der Waals surface area (Å²) in [6, 6.07) is 3.04. The number of ether oxygens (including phenoxy) is 1. The van der Waals surface area contributed by atoms with Crippen LogP contribution < -0.4 is 16.2 Å². The van der Waals surface area contributed by atoms with Gasteiger partial charge in [0.25, 0.3) is 0 Å². The number of imidazole rings is 1. The smallest absolute Gasteiger partial charge is 0.419 e. The van der Waals surface area contributed by atoms with Gasteiger partial charge in [0.05, 0.1) is 42.3 Å². The zero-order chi connectivity index (χ0) is 23.9. The lowest BCUT2D eigenvalue weighted by atomic mass is 10.1. The predicted octanol–water partition coefficient (Wildman–Crippen LogP) is -0.304. The van der Waals surface area contributed by atoms with Crippen molar-refractivity contribution in [1.82, 2.24) is 14.1 Å². The Hall–Kier alpha value is -2.90. The molecule has 0 saturated heterocycles. The molecule has 0 aliphatic heterocycles. The molecule has 3 aromatic rings. The second-order valence-corrected chi connectivity index (χ2v) is 7.40. The number of carbonyl (C=O) groups is 1. The fourth-order valence-electron chi connectivity index (χ4n) is 2.42. The number of benzene rings is 1. The maximum absolute atomic E-state index is 11.9. The van der Waals surface area contributed by atoms with Crippen LogP contribution in [0, 0.1) is 0 Å². The van der Waals surface area contributed by atoms with Gasteiger partial charge in [0.1, 0.15) is 18.2 Å². The Morgan fingerprint density at radius 2 is 1.94 bits per heavy atom. The fraction of sp³-hybridized carbons (Fsp3) is 0.421. The first-order valence-corrected chi connectivity index (χ1v) is 9.77. The van der Waals surface area contributed by atoms with Crippen LogP contribution >= 0.6 is 11.6 Å². The van der Waals surface area contributed by atoms with E-state index in [1.54, 1.807) is 12.4 Å². The molecule has 32 heavy (non-hydrogen) atoms. The Morgan fingerprint density at radius 3 is 2.44 bits per heavy atom. The average Bonchev–Trinajstić information content (AvgIpc) is 3.31. The average molecular weight is 473 g/mol. The molecule has 0 atom stereocenters. The third kappa shape index (κ3) is 6.31. The molecule has 6 N–H and O–H groups in total. The number of nitrogens with two attached hydrogens (primary N) is 1. The van der Waals surface area contributed by atoms with E-state index in [1.807, 2.05) is 11.6 Å². The maximum atomic E-state index is 11.9. The molecule has 2 heterocycles. The van der Waals surface area contributed by atoms with Gasteiger partial charge in [-0.05, 0) is 6.07 Å².